The molecule has 3 saturated heterocycles. The number of rotatable bonds is 4. The molecular formula is C19H22N2OS2. The number of carbonyl (C=O) groups is 1. The molecule has 2 bridgehead atoms. The van der Waals surface area contributed by atoms with Gasteiger partial charge in [-0.1, -0.05) is 11.8 Å². The Morgan fingerprint density at radius 2 is 2.00 bits per heavy atom. The van der Waals surface area contributed by atoms with Gasteiger partial charge in [-0.15, -0.1) is 11.3 Å². The molecule has 1 aromatic heterocycles. The van der Waals surface area contributed by atoms with E-state index in [4.69, 9.17) is 0 Å². The average molecular weight is 359 g/mol. The molecule has 2 aromatic rings. The molecule has 24 heavy (non-hydrogen) atoms. The van der Waals surface area contributed by atoms with Crippen LogP contribution in [0.3, 0.4) is 0 Å². The molecule has 5 rings (SSSR count). The number of piperidine rings is 3. The highest BCUT2D eigenvalue weighted by Gasteiger charge is 2.34. The summed E-state index contributed by atoms with van der Waals surface area (Å²) in [6, 6.07) is 10.5. The summed E-state index contributed by atoms with van der Waals surface area (Å²) in [6.07, 6.45) is 2.45. The number of hydrogen-bond acceptors (Lipinski definition) is 4. The quantitative estimate of drug-likeness (QED) is 0.895. The predicted octanol–water partition coefficient (Wildman–Crippen LogP) is 4.03. The Morgan fingerprint density at radius 3 is 2.58 bits per heavy atom. The summed E-state index contributed by atoms with van der Waals surface area (Å²) in [7, 11) is 0. The number of carbonyl (C=O) groups excluding carboxylic acids is 1. The summed E-state index contributed by atoms with van der Waals surface area (Å²) in [5.74, 6) is 0.730. The molecule has 126 valence electrons. The lowest BCUT2D eigenvalue weighted by molar-refractivity contribution is 0.0620. The molecule has 0 spiro atoms. The highest BCUT2D eigenvalue weighted by atomic mass is 32.2. The molecule has 3 fully saturated rings. The van der Waals surface area contributed by atoms with Crippen LogP contribution in [0.25, 0.3) is 0 Å². The molecule has 1 amide bonds. The third kappa shape index (κ3) is 3.53. The normalized spacial score (nSPS) is 25.6. The number of benzene rings is 1. The highest BCUT2D eigenvalue weighted by molar-refractivity contribution is 8.01. The molecule has 0 radical (unpaired) electrons. The van der Waals surface area contributed by atoms with Crippen LogP contribution >= 0.6 is 23.1 Å². The number of amides is 1. The smallest absolute Gasteiger partial charge is 0.251 e. The van der Waals surface area contributed by atoms with E-state index in [0.29, 0.717) is 12.0 Å². The number of hydrogen-bond donors (Lipinski definition) is 1. The van der Waals surface area contributed by atoms with Crippen LogP contribution in [0.4, 0.5) is 0 Å². The first-order valence-corrected chi connectivity index (χ1v) is 10.2. The van der Waals surface area contributed by atoms with Crippen molar-refractivity contribution in [1.82, 2.24) is 10.2 Å². The molecule has 3 aliphatic rings. The van der Waals surface area contributed by atoms with Gasteiger partial charge in [-0.2, -0.15) is 0 Å². The zero-order chi connectivity index (χ0) is 16.5. The van der Waals surface area contributed by atoms with Crippen LogP contribution < -0.4 is 5.32 Å². The van der Waals surface area contributed by atoms with Crippen LogP contribution in [0.2, 0.25) is 0 Å². The molecule has 1 N–H and O–H groups in total. The van der Waals surface area contributed by atoms with Crippen LogP contribution in [0, 0.1) is 12.8 Å². The van der Waals surface area contributed by atoms with Crippen molar-refractivity contribution in [2.24, 2.45) is 5.92 Å². The van der Waals surface area contributed by atoms with E-state index in [1.807, 2.05) is 24.3 Å². The lowest BCUT2D eigenvalue weighted by Gasteiger charge is -2.44. The van der Waals surface area contributed by atoms with Crippen molar-refractivity contribution in [3.8, 4) is 0 Å². The minimum absolute atomic E-state index is 0.0669. The summed E-state index contributed by atoms with van der Waals surface area (Å²) in [5.41, 5.74) is 2.06. The molecule has 0 saturated carbocycles. The topological polar surface area (TPSA) is 32.3 Å². The fourth-order valence-corrected chi connectivity index (χ4v) is 5.63. The number of thiophene rings is 1. The van der Waals surface area contributed by atoms with Crippen LogP contribution in [0.15, 0.2) is 44.8 Å². The molecule has 3 nitrogen and oxygen atoms in total. The molecule has 5 heteroatoms. The van der Waals surface area contributed by atoms with Gasteiger partial charge in [0, 0.05) is 23.0 Å². The first-order chi connectivity index (χ1) is 11.7. The molecule has 0 unspecified atom stereocenters. The minimum atomic E-state index is 0.0669. The Hall–Kier alpha value is -1.30. The van der Waals surface area contributed by atoms with E-state index >= 15 is 0 Å². The minimum Gasteiger partial charge on any atom is -0.348 e. The predicted molar refractivity (Wildman–Crippen MR) is 100 cm³/mol. The van der Waals surface area contributed by atoms with E-state index in [-0.39, 0.29) is 5.91 Å². The van der Waals surface area contributed by atoms with Crippen LogP contribution in [0.5, 0.6) is 0 Å². The maximum absolute atomic E-state index is 12.5. The first kappa shape index (κ1) is 16.2. The van der Waals surface area contributed by atoms with Crippen LogP contribution in [-0.4, -0.2) is 36.5 Å². The maximum Gasteiger partial charge on any atom is 0.251 e. The third-order valence-corrected chi connectivity index (χ3v) is 7.22. The Kier molecular flexibility index (Phi) is 4.66. The second kappa shape index (κ2) is 6.90. The van der Waals surface area contributed by atoms with Gasteiger partial charge in [-0.3, -0.25) is 4.79 Å². The Labute approximate surface area is 151 Å². The molecule has 0 aliphatic carbocycles. The largest absolute Gasteiger partial charge is 0.348 e. The van der Waals surface area contributed by atoms with E-state index < -0.39 is 0 Å². The van der Waals surface area contributed by atoms with E-state index in [1.54, 1.807) is 23.1 Å². The summed E-state index contributed by atoms with van der Waals surface area (Å²) in [5, 5.41) is 5.42. The second-order valence-electron chi connectivity index (χ2n) is 6.79. The number of nitrogens with one attached hydrogen (secondary N) is 1. The van der Waals surface area contributed by atoms with Crippen LogP contribution in [0.1, 0.15) is 28.8 Å². The fraction of sp³-hybridized carbons (Fsp3) is 0.421. The standard InChI is InChI=1S/C19H22N2OS2/c1-13-10-18(23-12-13)24-16-4-2-15(3-5-16)19(22)20-17-11-21-8-6-14(17)7-9-21/h2-5,10,12,14,17H,6-9,11H2,1H3,(H,20,22)/t17-/m0/s1. The average Bonchev–Trinajstić information content (AvgIpc) is 3.01. The van der Waals surface area contributed by atoms with Crippen molar-refractivity contribution in [2.75, 3.05) is 19.6 Å². The van der Waals surface area contributed by atoms with Crippen molar-refractivity contribution in [1.29, 1.82) is 0 Å². The van der Waals surface area contributed by atoms with Gasteiger partial charge in [0.2, 0.25) is 0 Å². The van der Waals surface area contributed by atoms with Crippen molar-refractivity contribution < 1.29 is 4.79 Å². The van der Waals surface area contributed by atoms with Gasteiger partial charge in [0.15, 0.2) is 0 Å². The summed E-state index contributed by atoms with van der Waals surface area (Å²) in [4.78, 5) is 16.2. The maximum atomic E-state index is 12.5. The van der Waals surface area contributed by atoms with Gasteiger partial charge in [0.25, 0.3) is 5.91 Å². The highest BCUT2D eigenvalue weighted by Crippen LogP contribution is 2.33. The number of nitrogens with zero attached hydrogens (tertiary/aromatic N) is 1. The van der Waals surface area contributed by atoms with Gasteiger partial charge in [0.05, 0.1) is 4.21 Å². The van der Waals surface area contributed by atoms with Gasteiger partial charge in [-0.25, -0.2) is 0 Å². The van der Waals surface area contributed by atoms with Gasteiger partial charge < -0.3 is 10.2 Å². The van der Waals surface area contributed by atoms with Gasteiger partial charge in [-0.05, 0) is 80.0 Å². The summed E-state index contributed by atoms with van der Waals surface area (Å²) < 4.78 is 1.29. The lowest BCUT2D eigenvalue weighted by atomic mass is 9.84. The molecule has 1 atom stereocenters. The molecule has 1 aromatic carbocycles. The monoisotopic (exact) mass is 358 g/mol. The summed E-state index contributed by atoms with van der Waals surface area (Å²) >= 11 is 3.52. The molecule has 3 aliphatic heterocycles. The zero-order valence-electron chi connectivity index (χ0n) is 13.8. The molecular weight excluding hydrogens is 336 g/mol. The van der Waals surface area contributed by atoms with E-state index in [0.717, 1.165) is 12.1 Å². The van der Waals surface area contributed by atoms with E-state index in [1.165, 1.54) is 40.6 Å². The van der Waals surface area contributed by atoms with Crippen molar-refractivity contribution >= 4 is 29.0 Å². The SMILES string of the molecule is Cc1csc(Sc2ccc(C(=O)N[C@H]3CN4CCC3CC4)cc2)c1. The van der Waals surface area contributed by atoms with Crippen molar-refractivity contribution in [3.05, 3.63) is 46.8 Å². The van der Waals surface area contributed by atoms with Gasteiger partial charge >= 0.3 is 0 Å². The first-order valence-electron chi connectivity index (χ1n) is 8.54. The lowest BCUT2D eigenvalue weighted by Crippen LogP contribution is -2.57. The zero-order valence-corrected chi connectivity index (χ0v) is 15.5. The van der Waals surface area contributed by atoms with Crippen LogP contribution in [-0.2, 0) is 0 Å². The number of fused-ring (bicyclic) bond motifs is 3. The van der Waals surface area contributed by atoms with Crippen molar-refractivity contribution in [2.45, 2.75) is 34.9 Å². The Bertz CT molecular complexity index is 717. The Balaban J connectivity index is 1.38. The van der Waals surface area contributed by atoms with Crippen molar-refractivity contribution in [3.63, 3.8) is 0 Å². The molecule has 4 heterocycles. The van der Waals surface area contributed by atoms with Gasteiger partial charge in [0.1, 0.15) is 0 Å². The van der Waals surface area contributed by atoms with E-state index in [9.17, 15) is 4.79 Å². The third-order valence-electron chi connectivity index (χ3n) is 5.01. The summed E-state index contributed by atoms with van der Waals surface area (Å²) in [6.45, 7) is 5.53. The number of aryl methyl sites for hydroxylation is 1. The Morgan fingerprint density at radius 1 is 1.25 bits per heavy atom. The fourth-order valence-electron chi connectivity index (χ4n) is 3.63. The van der Waals surface area contributed by atoms with E-state index in [2.05, 4.69) is 28.6 Å². The second-order valence-corrected chi connectivity index (χ2v) is 9.07.